The molecule has 0 heterocycles. The molecule has 4 heteroatoms. The minimum Gasteiger partial charge on any atom is -0.496 e. The summed E-state index contributed by atoms with van der Waals surface area (Å²) in [6, 6.07) is 0. The zero-order chi connectivity index (χ0) is 14.1. The van der Waals surface area contributed by atoms with Crippen molar-refractivity contribution in [3.8, 4) is 0 Å². The molecule has 0 aromatic rings. The van der Waals surface area contributed by atoms with Gasteiger partial charge >= 0.3 is 5.97 Å². The number of esters is 1. The van der Waals surface area contributed by atoms with E-state index in [4.69, 9.17) is 14.2 Å². The molecule has 4 nitrogen and oxygen atoms in total. The fourth-order valence-electron chi connectivity index (χ4n) is 1.82. The third-order valence-corrected chi connectivity index (χ3v) is 3.13. The van der Waals surface area contributed by atoms with Gasteiger partial charge < -0.3 is 14.2 Å². The SMILES string of the molecule is CC(=O)OCOCC(OCCCC(C)C)=C1CCC1. The van der Waals surface area contributed by atoms with E-state index in [1.165, 1.54) is 25.3 Å². The smallest absolute Gasteiger partial charge is 0.304 e. The first-order valence-electron chi connectivity index (χ1n) is 7.14. The molecule has 0 aromatic heterocycles. The number of carbonyl (C=O) groups is 1. The molecule has 0 aliphatic heterocycles. The summed E-state index contributed by atoms with van der Waals surface area (Å²) in [6.07, 6.45) is 5.69. The maximum Gasteiger partial charge on any atom is 0.304 e. The monoisotopic (exact) mass is 270 g/mol. The van der Waals surface area contributed by atoms with Gasteiger partial charge in [0.05, 0.1) is 6.61 Å². The van der Waals surface area contributed by atoms with Crippen LogP contribution in [0.4, 0.5) is 0 Å². The van der Waals surface area contributed by atoms with Gasteiger partial charge in [-0.05, 0) is 43.6 Å². The summed E-state index contributed by atoms with van der Waals surface area (Å²) in [5.74, 6) is 1.33. The lowest BCUT2D eigenvalue weighted by Gasteiger charge is -2.22. The number of hydrogen-bond acceptors (Lipinski definition) is 4. The van der Waals surface area contributed by atoms with Gasteiger partial charge in [0.25, 0.3) is 0 Å². The van der Waals surface area contributed by atoms with E-state index in [0.29, 0.717) is 12.5 Å². The Hall–Kier alpha value is -1.03. The highest BCUT2D eigenvalue weighted by Gasteiger charge is 2.16. The molecule has 1 aliphatic rings. The Morgan fingerprint density at radius 2 is 2.00 bits per heavy atom. The molecule has 110 valence electrons. The zero-order valence-electron chi connectivity index (χ0n) is 12.4. The molecule has 1 aliphatic carbocycles. The molecule has 0 spiro atoms. The van der Waals surface area contributed by atoms with Crippen LogP contribution in [0.3, 0.4) is 0 Å². The summed E-state index contributed by atoms with van der Waals surface area (Å²) in [5, 5.41) is 0. The van der Waals surface area contributed by atoms with E-state index >= 15 is 0 Å². The second-order valence-corrected chi connectivity index (χ2v) is 5.37. The van der Waals surface area contributed by atoms with Crippen molar-refractivity contribution in [1.82, 2.24) is 0 Å². The van der Waals surface area contributed by atoms with Gasteiger partial charge in [-0.25, -0.2) is 0 Å². The average Bonchev–Trinajstić information content (AvgIpc) is 2.26. The number of allylic oxidation sites excluding steroid dienone is 1. The highest BCUT2D eigenvalue weighted by atomic mass is 16.7. The Balaban J connectivity index is 2.23. The van der Waals surface area contributed by atoms with Gasteiger partial charge in [0, 0.05) is 6.92 Å². The predicted molar refractivity (Wildman–Crippen MR) is 73.5 cm³/mol. The highest BCUT2D eigenvalue weighted by molar-refractivity contribution is 5.65. The third kappa shape index (κ3) is 7.21. The minimum atomic E-state index is -0.323. The van der Waals surface area contributed by atoms with Crippen molar-refractivity contribution in [2.45, 2.75) is 52.9 Å². The first-order chi connectivity index (χ1) is 9.09. The lowest BCUT2D eigenvalue weighted by Crippen LogP contribution is -2.13. The minimum absolute atomic E-state index is 0.00146. The first-order valence-corrected chi connectivity index (χ1v) is 7.14. The first kappa shape index (κ1) is 16.0. The molecule has 0 saturated heterocycles. The van der Waals surface area contributed by atoms with Crippen molar-refractivity contribution < 1.29 is 19.0 Å². The fraction of sp³-hybridized carbons (Fsp3) is 0.800. The second-order valence-electron chi connectivity index (χ2n) is 5.37. The van der Waals surface area contributed by atoms with Crippen LogP contribution in [0.15, 0.2) is 11.3 Å². The van der Waals surface area contributed by atoms with Gasteiger partial charge in [0.15, 0.2) is 6.79 Å². The zero-order valence-corrected chi connectivity index (χ0v) is 12.4. The van der Waals surface area contributed by atoms with Crippen molar-refractivity contribution in [2.24, 2.45) is 5.92 Å². The van der Waals surface area contributed by atoms with Gasteiger partial charge in [-0.2, -0.15) is 0 Å². The molecule has 0 amide bonds. The average molecular weight is 270 g/mol. The van der Waals surface area contributed by atoms with Crippen LogP contribution >= 0.6 is 0 Å². The lowest BCUT2D eigenvalue weighted by molar-refractivity contribution is -0.153. The summed E-state index contributed by atoms with van der Waals surface area (Å²) in [4.78, 5) is 10.6. The Morgan fingerprint density at radius 3 is 2.53 bits per heavy atom. The van der Waals surface area contributed by atoms with E-state index in [2.05, 4.69) is 13.8 Å². The summed E-state index contributed by atoms with van der Waals surface area (Å²) < 4.78 is 15.9. The normalized spacial score (nSPS) is 14.2. The third-order valence-electron chi connectivity index (χ3n) is 3.13. The van der Waals surface area contributed by atoms with E-state index in [1.807, 2.05) is 0 Å². The molecule has 19 heavy (non-hydrogen) atoms. The number of hydrogen-bond donors (Lipinski definition) is 0. The van der Waals surface area contributed by atoms with Crippen LogP contribution in [-0.2, 0) is 19.0 Å². The standard InChI is InChI=1S/C15H26O4/c1-12(2)6-5-9-18-15(14-7-4-8-14)10-17-11-19-13(3)16/h12H,4-11H2,1-3H3. The van der Waals surface area contributed by atoms with Gasteiger partial charge in [0.1, 0.15) is 12.4 Å². The number of ether oxygens (including phenoxy) is 3. The van der Waals surface area contributed by atoms with E-state index in [9.17, 15) is 4.79 Å². The van der Waals surface area contributed by atoms with Gasteiger partial charge in [0.2, 0.25) is 0 Å². The molecule has 0 N–H and O–H groups in total. The summed E-state index contributed by atoms with van der Waals surface area (Å²) in [7, 11) is 0. The number of carbonyl (C=O) groups excluding carboxylic acids is 1. The molecular weight excluding hydrogens is 244 g/mol. The van der Waals surface area contributed by atoms with Crippen molar-refractivity contribution in [2.75, 3.05) is 20.0 Å². The van der Waals surface area contributed by atoms with Gasteiger partial charge in [-0.15, -0.1) is 0 Å². The van der Waals surface area contributed by atoms with Crippen LogP contribution in [0.2, 0.25) is 0 Å². The van der Waals surface area contributed by atoms with Gasteiger partial charge in [-0.1, -0.05) is 13.8 Å². The van der Waals surface area contributed by atoms with Crippen LogP contribution < -0.4 is 0 Å². The molecule has 1 fully saturated rings. The topological polar surface area (TPSA) is 44.8 Å². The number of rotatable bonds is 9. The van der Waals surface area contributed by atoms with E-state index in [0.717, 1.165) is 31.6 Å². The molecule has 1 saturated carbocycles. The lowest BCUT2D eigenvalue weighted by atomic mass is 9.91. The Kier molecular flexibility index (Phi) is 7.56. The summed E-state index contributed by atoms with van der Waals surface area (Å²) in [6.45, 7) is 6.96. The quantitative estimate of drug-likeness (QED) is 0.279. The van der Waals surface area contributed by atoms with E-state index < -0.39 is 0 Å². The molecule has 0 atom stereocenters. The molecule has 0 radical (unpaired) electrons. The maximum atomic E-state index is 10.6. The molecule has 1 rings (SSSR count). The highest BCUT2D eigenvalue weighted by Crippen LogP contribution is 2.29. The summed E-state index contributed by atoms with van der Waals surface area (Å²) in [5.41, 5.74) is 1.35. The van der Waals surface area contributed by atoms with Gasteiger partial charge in [-0.3, -0.25) is 4.79 Å². The Morgan fingerprint density at radius 1 is 1.26 bits per heavy atom. The van der Waals surface area contributed by atoms with Crippen molar-refractivity contribution in [3.63, 3.8) is 0 Å². The van der Waals surface area contributed by atoms with Crippen LogP contribution in [-0.4, -0.2) is 26.0 Å². The van der Waals surface area contributed by atoms with E-state index in [1.54, 1.807) is 0 Å². The van der Waals surface area contributed by atoms with Crippen LogP contribution in [0.25, 0.3) is 0 Å². The van der Waals surface area contributed by atoms with Crippen molar-refractivity contribution >= 4 is 5.97 Å². The molecule has 0 bridgehead atoms. The van der Waals surface area contributed by atoms with Crippen LogP contribution in [0.5, 0.6) is 0 Å². The largest absolute Gasteiger partial charge is 0.496 e. The predicted octanol–water partition coefficient (Wildman–Crippen LogP) is 3.41. The van der Waals surface area contributed by atoms with E-state index in [-0.39, 0.29) is 12.8 Å². The molecular formula is C15H26O4. The fourth-order valence-corrected chi connectivity index (χ4v) is 1.82. The Bertz CT molecular complexity index is 301. The van der Waals surface area contributed by atoms with Crippen LogP contribution in [0, 0.1) is 5.92 Å². The molecule has 0 aromatic carbocycles. The Labute approximate surface area is 116 Å². The molecule has 0 unspecified atom stereocenters. The summed E-state index contributed by atoms with van der Waals surface area (Å²) >= 11 is 0. The second kappa shape index (κ2) is 8.97. The van der Waals surface area contributed by atoms with Crippen molar-refractivity contribution in [1.29, 1.82) is 0 Å². The maximum absolute atomic E-state index is 10.6. The van der Waals surface area contributed by atoms with Crippen LogP contribution in [0.1, 0.15) is 52.9 Å². The van der Waals surface area contributed by atoms with Crippen molar-refractivity contribution in [3.05, 3.63) is 11.3 Å².